The summed E-state index contributed by atoms with van der Waals surface area (Å²) in [5, 5.41) is 5.25. The third-order valence-corrected chi connectivity index (χ3v) is 5.17. The number of nitrogens with zero attached hydrogens (tertiary/aromatic N) is 1. The fourth-order valence-corrected chi connectivity index (χ4v) is 3.54. The molecule has 1 aromatic rings. The lowest BCUT2D eigenvalue weighted by Crippen LogP contribution is -2.60. The Morgan fingerprint density at radius 2 is 1.69 bits per heavy atom. The Morgan fingerprint density at radius 3 is 2.17 bits per heavy atom. The zero-order chi connectivity index (χ0) is 27.8. The summed E-state index contributed by atoms with van der Waals surface area (Å²) in [7, 11) is 1.22. The molecule has 0 saturated carbocycles. The van der Waals surface area contributed by atoms with Crippen molar-refractivity contribution in [3.8, 4) is 0 Å². The van der Waals surface area contributed by atoms with Gasteiger partial charge in [-0.3, -0.25) is 14.4 Å². The van der Waals surface area contributed by atoms with E-state index in [4.69, 9.17) is 4.74 Å². The van der Waals surface area contributed by atoms with E-state index in [0.717, 1.165) is 5.56 Å². The molecule has 3 amide bonds. The second-order valence-electron chi connectivity index (χ2n) is 10.8. The van der Waals surface area contributed by atoms with Gasteiger partial charge in [-0.25, -0.2) is 4.79 Å². The molecule has 200 valence electrons. The van der Waals surface area contributed by atoms with Crippen LogP contribution in [-0.2, 0) is 23.9 Å². The molecule has 0 fully saturated rings. The highest BCUT2D eigenvalue weighted by Gasteiger charge is 2.42. The number of carbonyl (C=O) groups excluding carboxylic acids is 4. The van der Waals surface area contributed by atoms with Crippen LogP contribution in [0.1, 0.15) is 72.6 Å². The first kappa shape index (κ1) is 30.7. The molecule has 0 saturated heterocycles. The van der Waals surface area contributed by atoms with Gasteiger partial charge in [0.15, 0.2) is 0 Å². The summed E-state index contributed by atoms with van der Waals surface area (Å²) in [6.45, 7) is 17.6. The minimum absolute atomic E-state index is 0.312. The van der Waals surface area contributed by atoms with Gasteiger partial charge in [0.25, 0.3) is 0 Å². The SMILES string of the molecule is C=Cc1cccc(C(C(=O)NCC(=O)OC)N(C(=O)C(NC(=O)OC(C)(C)C)C(C)C)C(C)(C)C)c1. The summed E-state index contributed by atoms with van der Waals surface area (Å²) in [6, 6.07) is 4.99. The van der Waals surface area contributed by atoms with Gasteiger partial charge in [0.1, 0.15) is 24.2 Å². The zero-order valence-electron chi connectivity index (χ0n) is 22.9. The van der Waals surface area contributed by atoms with Gasteiger partial charge in [0.05, 0.1) is 7.11 Å². The third-order valence-electron chi connectivity index (χ3n) is 5.17. The first-order valence-electron chi connectivity index (χ1n) is 11.9. The predicted octanol–water partition coefficient (Wildman–Crippen LogP) is 3.84. The van der Waals surface area contributed by atoms with Gasteiger partial charge in [-0.05, 0) is 64.7 Å². The van der Waals surface area contributed by atoms with E-state index in [2.05, 4.69) is 21.9 Å². The lowest BCUT2D eigenvalue weighted by atomic mass is 9.92. The Balaban J connectivity index is 3.58. The number of esters is 1. The molecule has 36 heavy (non-hydrogen) atoms. The maximum atomic E-state index is 14.1. The Morgan fingerprint density at radius 1 is 1.08 bits per heavy atom. The molecule has 1 rings (SSSR count). The van der Waals surface area contributed by atoms with Crippen LogP contribution >= 0.6 is 0 Å². The summed E-state index contributed by atoms with van der Waals surface area (Å²) in [5.74, 6) is -1.97. The van der Waals surface area contributed by atoms with Crippen molar-refractivity contribution in [3.05, 3.63) is 42.0 Å². The second-order valence-corrected chi connectivity index (χ2v) is 10.8. The van der Waals surface area contributed by atoms with Crippen LogP contribution in [0.5, 0.6) is 0 Å². The van der Waals surface area contributed by atoms with Crippen molar-refractivity contribution >= 4 is 30.0 Å². The first-order valence-corrected chi connectivity index (χ1v) is 11.9. The van der Waals surface area contributed by atoms with Gasteiger partial charge >= 0.3 is 12.1 Å². The number of carbonyl (C=O) groups is 4. The first-order chi connectivity index (χ1) is 16.5. The third kappa shape index (κ3) is 9.02. The van der Waals surface area contributed by atoms with Crippen LogP contribution in [0.15, 0.2) is 30.8 Å². The number of alkyl carbamates (subject to hydrolysis) is 1. The maximum absolute atomic E-state index is 14.1. The number of benzene rings is 1. The molecule has 2 N–H and O–H groups in total. The predicted molar refractivity (Wildman–Crippen MR) is 139 cm³/mol. The molecule has 0 aliphatic heterocycles. The van der Waals surface area contributed by atoms with E-state index in [9.17, 15) is 19.2 Å². The number of rotatable bonds is 9. The highest BCUT2D eigenvalue weighted by Crippen LogP contribution is 2.31. The summed E-state index contributed by atoms with van der Waals surface area (Å²) in [5.41, 5.74) is -0.318. The molecule has 0 aromatic heterocycles. The largest absolute Gasteiger partial charge is 0.468 e. The summed E-state index contributed by atoms with van der Waals surface area (Å²) in [6.07, 6.45) is 0.903. The van der Waals surface area contributed by atoms with Gasteiger partial charge < -0.3 is 25.0 Å². The fraction of sp³-hybridized carbons (Fsp3) is 0.556. The van der Waals surface area contributed by atoms with Gasteiger partial charge in [0, 0.05) is 5.54 Å². The van der Waals surface area contributed by atoms with E-state index in [1.807, 2.05) is 6.07 Å². The monoisotopic (exact) mass is 503 g/mol. The topological polar surface area (TPSA) is 114 Å². The van der Waals surface area contributed by atoms with E-state index < -0.39 is 47.1 Å². The molecule has 9 nitrogen and oxygen atoms in total. The molecule has 2 atom stereocenters. The highest BCUT2D eigenvalue weighted by molar-refractivity contribution is 5.93. The number of ether oxygens (including phenoxy) is 2. The van der Waals surface area contributed by atoms with Crippen molar-refractivity contribution in [2.45, 2.75) is 78.6 Å². The van der Waals surface area contributed by atoms with Crippen LogP contribution in [0, 0.1) is 5.92 Å². The summed E-state index contributed by atoms with van der Waals surface area (Å²) < 4.78 is 10.0. The Labute approximate surface area is 214 Å². The van der Waals surface area contributed by atoms with Crippen molar-refractivity contribution in [1.82, 2.24) is 15.5 Å². The number of methoxy groups -OCH3 is 1. The average molecular weight is 504 g/mol. The Kier molecular flexibility index (Phi) is 10.7. The van der Waals surface area contributed by atoms with Gasteiger partial charge in [-0.2, -0.15) is 0 Å². The normalized spacial score (nSPS) is 13.3. The zero-order valence-corrected chi connectivity index (χ0v) is 22.9. The average Bonchev–Trinajstić information content (AvgIpc) is 2.76. The molecular weight excluding hydrogens is 462 g/mol. The van der Waals surface area contributed by atoms with Crippen molar-refractivity contribution in [2.75, 3.05) is 13.7 Å². The van der Waals surface area contributed by atoms with E-state index in [1.54, 1.807) is 79.7 Å². The van der Waals surface area contributed by atoms with Crippen LogP contribution in [-0.4, -0.2) is 59.6 Å². The quantitative estimate of drug-likeness (QED) is 0.495. The van der Waals surface area contributed by atoms with Gasteiger partial charge in [-0.1, -0.05) is 44.7 Å². The minimum atomic E-state index is -1.11. The van der Waals surface area contributed by atoms with Crippen molar-refractivity contribution in [3.63, 3.8) is 0 Å². The Hall–Kier alpha value is -3.36. The number of nitrogens with one attached hydrogen (secondary N) is 2. The summed E-state index contributed by atoms with van der Waals surface area (Å²) in [4.78, 5) is 53.3. The fourth-order valence-electron chi connectivity index (χ4n) is 3.54. The smallest absolute Gasteiger partial charge is 0.408 e. The van der Waals surface area contributed by atoms with E-state index in [0.29, 0.717) is 5.56 Å². The second kappa shape index (κ2) is 12.6. The molecule has 0 aliphatic rings. The molecule has 0 aliphatic carbocycles. The van der Waals surface area contributed by atoms with Gasteiger partial charge in [-0.15, -0.1) is 0 Å². The standard InChI is InChI=1S/C27H41N3O6/c1-11-18-13-12-14-19(15-18)22(23(32)28-16-20(31)35-10)30(26(4,5)6)24(33)21(17(2)3)29-25(34)36-27(7,8)9/h11-15,17,21-22H,1,16H2,2-10H3,(H,28,32)(H,29,34). The maximum Gasteiger partial charge on any atom is 0.408 e. The molecule has 0 bridgehead atoms. The van der Waals surface area contributed by atoms with Crippen molar-refractivity contribution < 1.29 is 28.7 Å². The van der Waals surface area contributed by atoms with Crippen LogP contribution in [0.3, 0.4) is 0 Å². The highest BCUT2D eigenvalue weighted by atomic mass is 16.6. The molecule has 2 unspecified atom stereocenters. The van der Waals surface area contributed by atoms with Gasteiger partial charge in [0.2, 0.25) is 11.8 Å². The van der Waals surface area contributed by atoms with Crippen LogP contribution in [0.4, 0.5) is 4.79 Å². The molecule has 0 radical (unpaired) electrons. The molecule has 0 heterocycles. The number of hydrogen-bond acceptors (Lipinski definition) is 6. The molecule has 9 heteroatoms. The summed E-state index contributed by atoms with van der Waals surface area (Å²) >= 11 is 0. The van der Waals surface area contributed by atoms with Crippen molar-refractivity contribution in [2.24, 2.45) is 5.92 Å². The van der Waals surface area contributed by atoms with E-state index >= 15 is 0 Å². The molecule has 1 aromatic carbocycles. The van der Waals surface area contributed by atoms with E-state index in [1.165, 1.54) is 12.0 Å². The number of amides is 3. The minimum Gasteiger partial charge on any atom is -0.468 e. The van der Waals surface area contributed by atoms with Crippen LogP contribution in [0.25, 0.3) is 6.08 Å². The number of hydrogen-bond donors (Lipinski definition) is 2. The van der Waals surface area contributed by atoms with E-state index in [-0.39, 0.29) is 12.5 Å². The lowest BCUT2D eigenvalue weighted by Gasteiger charge is -2.43. The van der Waals surface area contributed by atoms with Crippen LogP contribution in [0.2, 0.25) is 0 Å². The van der Waals surface area contributed by atoms with Crippen molar-refractivity contribution in [1.29, 1.82) is 0 Å². The molecule has 0 spiro atoms. The van der Waals surface area contributed by atoms with Crippen LogP contribution < -0.4 is 10.6 Å². The lowest BCUT2D eigenvalue weighted by molar-refractivity contribution is -0.150. The Bertz CT molecular complexity index is 959. The molecular formula is C27H41N3O6.